The molecule has 0 saturated heterocycles. The second kappa shape index (κ2) is 5.60. The third kappa shape index (κ3) is 3.23. The molecule has 6 heteroatoms. The van der Waals surface area contributed by atoms with Gasteiger partial charge in [0, 0.05) is 5.57 Å². The molecule has 1 aromatic carbocycles. The first kappa shape index (κ1) is 15.1. The number of allylic oxidation sites excluding steroid dienone is 1. The summed E-state index contributed by atoms with van der Waals surface area (Å²) in [6.07, 6.45) is -4.40. The van der Waals surface area contributed by atoms with Gasteiger partial charge in [0.1, 0.15) is 4.61 Å². The molecule has 1 heterocycles. The summed E-state index contributed by atoms with van der Waals surface area (Å²) < 4.78 is 38.1. The molecule has 0 amide bonds. The van der Waals surface area contributed by atoms with Gasteiger partial charge in [-0.25, -0.2) is 0 Å². The van der Waals surface area contributed by atoms with Crippen molar-refractivity contribution in [1.29, 1.82) is 0 Å². The van der Waals surface area contributed by atoms with Gasteiger partial charge in [-0.15, -0.1) is 5.43 Å². The minimum atomic E-state index is -4.21. The molecule has 2 rings (SSSR count). The molecule has 1 aliphatic rings. The SMILES string of the molecule is CCc1ccc(CC(F)(F)F)cc1C1=C(Br)[N]N=C1C. The average Bonchev–Trinajstić information content (AvgIpc) is 2.67. The Morgan fingerprint density at radius 3 is 2.45 bits per heavy atom. The number of nitrogens with zero attached hydrogens (tertiary/aromatic N) is 2. The van der Waals surface area contributed by atoms with Gasteiger partial charge in [0.2, 0.25) is 0 Å². The summed E-state index contributed by atoms with van der Waals surface area (Å²) in [5.74, 6) is 0. The molecular formula is C14H13BrF3N2. The number of benzene rings is 1. The average molecular weight is 346 g/mol. The molecule has 0 spiro atoms. The normalized spacial score (nSPS) is 15.4. The zero-order valence-corrected chi connectivity index (χ0v) is 12.6. The van der Waals surface area contributed by atoms with Crippen LogP contribution < -0.4 is 5.43 Å². The van der Waals surface area contributed by atoms with Crippen LogP contribution in [0.5, 0.6) is 0 Å². The fourth-order valence-electron chi connectivity index (χ4n) is 2.18. The molecule has 1 aromatic rings. The highest BCUT2D eigenvalue weighted by atomic mass is 79.9. The predicted molar refractivity (Wildman–Crippen MR) is 76.7 cm³/mol. The van der Waals surface area contributed by atoms with E-state index in [2.05, 4.69) is 26.5 Å². The van der Waals surface area contributed by atoms with E-state index in [1.807, 2.05) is 6.92 Å². The second-order valence-electron chi connectivity index (χ2n) is 4.59. The van der Waals surface area contributed by atoms with Crippen molar-refractivity contribution in [1.82, 2.24) is 5.43 Å². The summed E-state index contributed by atoms with van der Waals surface area (Å²) in [4.78, 5) is 0. The van der Waals surface area contributed by atoms with E-state index in [4.69, 9.17) is 0 Å². The lowest BCUT2D eigenvalue weighted by Gasteiger charge is -2.13. The molecule has 0 saturated carbocycles. The van der Waals surface area contributed by atoms with Crippen molar-refractivity contribution in [2.75, 3.05) is 0 Å². The lowest BCUT2D eigenvalue weighted by molar-refractivity contribution is -0.127. The minimum absolute atomic E-state index is 0.247. The van der Waals surface area contributed by atoms with Crippen molar-refractivity contribution >= 4 is 27.2 Å². The van der Waals surface area contributed by atoms with Crippen molar-refractivity contribution in [2.45, 2.75) is 32.9 Å². The molecule has 107 valence electrons. The zero-order chi connectivity index (χ0) is 14.9. The highest BCUT2D eigenvalue weighted by Crippen LogP contribution is 2.32. The summed E-state index contributed by atoms with van der Waals surface area (Å²) in [5, 5.41) is 3.95. The van der Waals surface area contributed by atoms with E-state index in [1.165, 1.54) is 6.07 Å². The first-order valence-electron chi connectivity index (χ1n) is 6.16. The topological polar surface area (TPSA) is 26.5 Å². The highest BCUT2D eigenvalue weighted by Gasteiger charge is 2.28. The molecule has 0 unspecified atom stereocenters. The third-order valence-electron chi connectivity index (χ3n) is 3.08. The van der Waals surface area contributed by atoms with Crippen LogP contribution in [0.2, 0.25) is 0 Å². The van der Waals surface area contributed by atoms with Gasteiger partial charge in [-0.3, -0.25) is 0 Å². The first-order valence-corrected chi connectivity index (χ1v) is 6.95. The number of hydrogen-bond donors (Lipinski definition) is 0. The molecule has 0 fully saturated rings. The smallest absolute Gasteiger partial charge is 0.171 e. The van der Waals surface area contributed by atoms with Gasteiger partial charge in [-0.05, 0) is 46.0 Å². The molecule has 0 atom stereocenters. The molecule has 1 aliphatic heterocycles. The van der Waals surface area contributed by atoms with Crippen LogP contribution in [-0.2, 0) is 12.8 Å². The summed E-state index contributed by atoms with van der Waals surface area (Å²) in [5.41, 5.74) is 7.39. The van der Waals surface area contributed by atoms with E-state index in [9.17, 15) is 13.2 Å². The Morgan fingerprint density at radius 1 is 1.25 bits per heavy atom. The van der Waals surface area contributed by atoms with Crippen molar-refractivity contribution in [2.24, 2.45) is 5.10 Å². The maximum absolute atomic E-state index is 12.5. The van der Waals surface area contributed by atoms with Gasteiger partial charge >= 0.3 is 6.18 Å². The molecule has 1 radical (unpaired) electrons. The maximum atomic E-state index is 12.5. The van der Waals surface area contributed by atoms with Crippen molar-refractivity contribution < 1.29 is 13.2 Å². The molecule has 20 heavy (non-hydrogen) atoms. The van der Waals surface area contributed by atoms with Gasteiger partial charge in [-0.2, -0.15) is 18.3 Å². The van der Waals surface area contributed by atoms with Crippen LogP contribution in [0.15, 0.2) is 27.9 Å². The zero-order valence-electron chi connectivity index (χ0n) is 11.1. The van der Waals surface area contributed by atoms with Crippen LogP contribution in [-0.4, -0.2) is 11.9 Å². The van der Waals surface area contributed by atoms with Crippen molar-refractivity contribution in [3.05, 3.63) is 39.5 Å². The maximum Gasteiger partial charge on any atom is 0.393 e. The van der Waals surface area contributed by atoms with Crippen molar-refractivity contribution in [3.63, 3.8) is 0 Å². The Morgan fingerprint density at radius 2 is 1.95 bits per heavy atom. The monoisotopic (exact) mass is 345 g/mol. The molecule has 0 aromatic heterocycles. The van der Waals surface area contributed by atoms with Gasteiger partial charge in [-0.1, -0.05) is 25.1 Å². The number of aryl methyl sites for hydroxylation is 1. The highest BCUT2D eigenvalue weighted by molar-refractivity contribution is 9.11. The summed E-state index contributed by atoms with van der Waals surface area (Å²) in [6.45, 7) is 3.76. The van der Waals surface area contributed by atoms with E-state index in [0.717, 1.165) is 23.1 Å². The fraction of sp³-hybridized carbons (Fsp3) is 0.357. The fourth-order valence-corrected chi connectivity index (χ4v) is 2.76. The van der Waals surface area contributed by atoms with E-state index in [1.54, 1.807) is 19.1 Å². The van der Waals surface area contributed by atoms with Gasteiger partial charge in [0.15, 0.2) is 0 Å². The first-order chi connectivity index (χ1) is 9.31. The number of hydrogen-bond acceptors (Lipinski definition) is 1. The van der Waals surface area contributed by atoms with Crippen LogP contribution in [0.25, 0.3) is 5.57 Å². The van der Waals surface area contributed by atoms with E-state index < -0.39 is 12.6 Å². The van der Waals surface area contributed by atoms with Gasteiger partial charge < -0.3 is 0 Å². The Labute approximate surface area is 123 Å². The van der Waals surface area contributed by atoms with Crippen LogP contribution in [0, 0.1) is 0 Å². The summed E-state index contributed by atoms with van der Waals surface area (Å²) >= 11 is 3.31. The van der Waals surface area contributed by atoms with E-state index in [-0.39, 0.29) is 5.56 Å². The number of rotatable bonds is 3. The van der Waals surface area contributed by atoms with Crippen LogP contribution >= 0.6 is 15.9 Å². The summed E-state index contributed by atoms with van der Waals surface area (Å²) in [7, 11) is 0. The molecule has 2 nitrogen and oxygen atoms in total. The van der Waals surface area contributed by atoms with Gasteiger partial charge in [0.25, 0.3) is 0 Å². The second-order valence-corrected chi connectivity index (χ2v) is 5.34. The Kier molecular flexibility index (Phi) is 4.22. The molecule has 0 bridgehead atoms. The van der Waals surface area contributed by atoms with Gasteiger partial charge in [0.05, 0.1) is 12.1 Å². The van der Waals surface area contributed by atoms with E-state index >= 15 is 0 Å². The molecular weight excluding hydrogens is 333 g/mol. The number of halogens is 4. The molecule has 0 aliphatic carbocycles. The predicted octanol–water partition coefficient (Wildman–Crippen LogP) is 4.41. The summed E-state index contributed by atoms with van der Waals surface area (Å²) in [6, 6.07) is 4.86. The van der Waals surface area contributed by atoms with Crippen LogP contribution in [0.1, 0.15) is 30.5 Å². The minimum Gasteiger partial charge on any atom is -0.171 e. The Hall–Kier alpha value is -1.30. The number of alkyl halides is 3. The van der Waals surface area contributed by atoms with Crippen LogP contribution in [0.4, 0.5) is 13.2 Å². The lowest BCUT2D eigenvalue weighted by Crippen LogP contribution is -2.12. The third-order valence-corrected chi connectivity index (χ3v) is 3.64. The van der Waals surface area contributed by atoms with Crippen molar-refractivity contribution in [3.8, 4) is 0 Å². The van der Waals surface area contributed by atoms with E-state index in [0.29, 0.717) is 10.3 Å². The quantitative estimate of drug-likeness (QED) is 0.725. The Balaban J connectivity index is 2.48. The largest absolute Gasteiger partial charge is 0.393 e. The standard InChI is InChI=1S/C14H13BrF3N2/c1-3-10-5-4-9(7-14(16,17)18)6-11(10)12-8(2)19-20-13(12)15/h4-6H,3,7H2,1-2H3. The Bertz CT molecular complexity index is 589. The van der Waals surface area contributed by atoms with Crippen LogP contribution in [0.3, 0.4) is 0 Å². The molecule has 0 N–H and O–H groups in total. The lowest BCUT2D eigenvalue weighted by atomic mass is 9.93.